The van der Waals surface area contributed by atoms with E-state index < -0.39 is 23.5 Å². The van der Waals surface area contributed by atoms with Gasteiger partial charge in [-0.3, -0.25) is 4.79 Å². The molecule has 32 heavy (non-hydrogen) atoms. The highest BCUT2D eigenvalue weighted by Crippen LogP contribution is 2.35. The monoisotopic (exact) mass is 439 g/mol. The van der Waals surface area contributed by atoms with Crippen molar-refractivity contribution in [3.63, 3.8) is 0 Å². The van der Waals surface area contributed by atoms with Gasteiger partial charge in [0.15, 0.2) is 5.82 Å². The van der Waals surface area contributed by atoms with Gasteiger partial charge in [0.05, 0.1) is 11.4 Å². The van der Waals surface area contributed by atoms with E-state index in [1.54, 1.807) is 6.08 Å². The van der Waals surface area contributed by atoms with Crippen LogP contribution in [-0.4, -0.2) is 51.7 Å². The molecule has 2 unspecified atom stereocenters. The van der Waals surface area contributed by atoms with Crippen LogP contribution >= 0.6 is 0 Å². The Kier molecular flexibility index (Phi) is 5.32. The van der Waals surface area contributed by atoms with Gasteiger partial charge < -0.3 is 14.9 Å². The third-order valence-electron chi connectivity index (χ3n) is 6.43. The van der Waals surface area contributed by atoms with Gasteiger partial charge >= 0.3 is 5.97 Å². The SMILES string of the molecule is O=C(O)C1CN(c2ncnc3ccc(N4CCCC4C4C=C(F)C=CC(F)=CC4)nc23)C1. The lowest BCUT2D eigenvalue weighted by molar-refractivity contribution is -0.142. The van der Waals surface area contributed by atoms with E-state index in [0.717, 1.165) is 37.4 Å². The summed E-state index contributed by atoms with van der Waals surface area (Å²) in [5.41, 5.74) is 1.30. The normalized spacial score (nSPS) is 24.1. The Hall–Kier alpha value is -3.36. The van der Waals surface area contributed by atoms with Crippen LogP contribution in [-0.2, 0) is 4.79 Å². The van der Waals surface area contributed by atoms with E-state index in [0.29, 0.717) is 36.4 Å². The molecule has 2 saturated heterocycles. The van der Waals surface area contributed by atoms with Gasteiger partial charge in [-0.1, -0.05) is 0 Å². The Bertz CT molecular complexity index is 1140. The van der Waals surface area contributed by atoms with E-state index in [-0.39, 0.29) is 12.0 Å². The molecule has 2 aromatic heterocycles. The Labute approximate surface area is 183 Å². The molecule has 0 bridgehead atoms. The van der Waals surface area contributed by atoms with Crippen molar-refractivity contribution in [2.45, 2.75) is 25.3 Å². The molecule has 4 heterocycles. The molecule has 0 radical (unpaired) electrons. The Morgan fingerprint density at radius 3 is 2.75 bits per heavy atom. The number of pyridine rings is 1. The molecule has 2 fully saturated rings. The van der Waals surface area contributed by atoms with Crippen molar-refractivity contribution in [2.24, 2.45) is 11.8 Å². The topological polar surface area (TPSA) is 82.4 Å². The highest BCUT2D eigenvalue weighted by molar-refractivity contribution is 5.88. The molecule has 1 N–H and O–H groups in total. The van der Waals surface area contributed by atoms with Crippen LogP contribution in [0.5, 0.6) is 0 Å². The van der Waals surface area contributed by atoms with Crippen LogP contribution in [0.2, 0.25) is 0 Å². The largest absolute Gasteiger partial charge is 0.481 e. The van der Waals surface area contributed by atoms with Gasteiger partial charge in [-0.2, -0.15) is 0 Å². The molecule has 0 saturated carbocycles. The minimum atomic E-state index is -0.812. The standard InChI is InChI=1S/C23H23F2N5O2/c24-16-4-3-14(10-17(25)6-5-16)19-2-1-9-30(19)20-8-7-18-21(28-20)22(27-13-26-18)29-11-15(12-29)23(31)32/h4-8,10,13-15,19H,1-3,9,11-12H2,(H,31,32). The number of aliphatic carboxylic acids is 1. The number of hydrogen-bond acceptors (Lipinski definition) is 6. The Morgan fingerprint density at radius 1 is 1.12 bits per heavy atom. The maximum absolute atomic E-state index is 14.2. The summed E-state index contributed by atoms with van der Waals surface area (Å²) in [5.74, 6) is -0.897. The van der Waals surface area contributed by atoms with Gasteiger partial charge in [0.2, 0.25) is 0 Å². The van der Waals surface area contributed by atoms with Crippen molar-refractivity contribution in [3.8, 4) is 0 Å². The van der Waals surface area contributed by atoms with Crippen molar-refractivity contribution in [2.75, 3.05) is 29.4 Å². The molecule has 0 aromatic carbocycles. The third-order valence-corrected chi connectivity index (χ3v) is 6.43. The first-order valence-electron chi connectivity index (χ1n) is 10.8. The molecule has 3 aliphatic rings. The number of anilines is 2. The zero-order valence-electron chi connectivity index (χ0n) is 17.4. The first-order valence-corrected chi connectivity index (χ1v) is 10.8. The van der Waals surface area contributed by atoms with Crippen molar-refractivity contribution in [3.05, 3.63) is 54.4 Å². The molecule has 166 valence electrons. The zero-order valence-corrected chi connectivity index (χ0v) is 17.4. The number of nitrogens with zero attached hydrogens (tertiary/aromatic N) is 5. The fraction of sp³-hybridized carbons (Fsp3) is 0.391. The summed E-state index contributed by atoms with van der Waals surface area (Å²) >= 11 is 0. The molecular formula is C23H23F2N5O2. The van der Waals surface area contributed by atoms with E-state index in [4.69, 9.17) is 4.98 Å². The van der Waals surface area contributed by atoms with Crippen molar-refractivity contribution in [1.29, 1.82) is 0 Å². The number of carboxylic acid groups (broad SMARTS) is 1. The molecule has 9 heteroatoms. The van der Waals surface area contributed by atoms with Crippen LogP contribution < -0.4 is 9.80 Å². The number of aromatic nitrogens is 3. The average molecular weight is 439 g/mol. The van der Waals surface area contributed by atoms with Crippen LogP contribution in [0.4, 0.5) is 20.4 Å². The van der Waals surface area contributed by atoms with Crippen LogP contribution in [0.3, 0.4) is 0 Å². The number of halogens is 2. The number of rotatable bonds is 4. The second kappa shape index (κ2) is 8.29. The summed E-state index contributed by atoms with van der Waals surface area (Å²) in [5, 5.41) is 9.18. The van der Waals surface area contributed by atoms with Crippen LogP contribution in [0.15, 0.2) is 54.4 Å². The van der Waals surface area contributed by atoms with Gasteiger partial charge in [0.25, 0.3) is 0 Å². The van der Waals surface area contributed by atoms with Crippen LogP contribution in [0.1, 0.15) is 19.3 Å². The van der Waals surface area contributed by atoms with E-state index in [9.17, 15) is 18.7 Å². The molecule has 2 aromatic rings. The Morgan fingerprint density at radius 2 is 1.94 bits per heavy atom. The number of carbonyl (C=O) groups is 1. The fourth-order valence-corrected chi connectivity index (χ4v) is 4.71. The van der Waals surface area contributed by atoms with Gasteiger partial charge in [-0.15, -0.1) is 0 Å². The third kappa shape index (κ3) is 3.83. The molecule has 2 aliphatic heterocycles. The summed E-state index contributed by atoms with van der Waals surface area (Å²) in [6, 6.07) is 3.77. The Balaban J connectivity index is 1.46. The first kappa shape index (κ1) is 20.5. The zero-order chi connectivity index (χ0) is 22.2. The first-order chi connectivity index (χ1) is 15.5. The predicted molar refractivity (Wildman–Crippen MR) is 117 cm³/mol. The van der Waals surface area contributed by atoms with E-state index in [1.165, 1.54) is 12.4 Å². The number of allylic oxidation sites excluding steroid dienone is 5. The molecular weight excluding hydrogens is 416 g/mol. The van der Waals surface area contributed by atoms with Crippen LogP contribution in [0, 0.1) is 11.8 Å². The van der Waals surface area contributed by atoms with Crippen molar-refractivity contribution >= 4 is 28.6 Å². The second-order valence-electron chi connectivity index (χ2n) is 8.45. The van der Waals surface area contributed by atoms with Crippen molar-refractivity contribution in [1.82, 2.24) is 15.0 Å². The lowest BCUT2D eigenvalue weighted by Crippen LogP contribution is -2.51. The summed E-state index contributed by atoms with van der Waals surface area (Å²) < 4.78 is 28.0. The van der Waals surface area contributed by atoms with E-state index in [2.05, 4.69) is 14.9 Å². The number of carboxylic acids is 1. The van der Waals surface area contributed by atoms with Gasteiger partial charge in [0.1, 0.15) is 29.3 Å². The highest BCUT2D eigenvalue weighted by Gasteiger charge is 2.35. The molecule has 5 rings (SSSR count). The molecule has 0 amide bonds. The highest BCUT2D eigenvalue weighted by atomic mass is 19.1. The molecule has 2 atom stereocenters. The molecule has 1 aliphatic carbocycles. The number of hydrogen-bond donors (Lipinski definition) is 1. The van der Waals surface area contributed by atoms with Gasteiger partial charge in [-0.05, 0) is 55.7 Å². The summed E-state index contributed by atoms with van der Waals surface area (Å²) in [6.45, 7) is 1.54. The number of fused-ring (bicyclic) bond motifs is 1. The summed E-state index contributed by atoms with van der Waals surface area (Å²) in [7, 11) is 0. The molecule has 0 spiro atoms. The fourth-order valence-electron chi connectivity index (χ4n) is 4.71. The van der Waals surface area contributed by atoms with E-state index >= 15 is 0 Å². The minimum Gasteiger partial charge on any atom is -0.481 e. The van der Waals surface area contributed by atoms with E-state index in [1.807, 2.05) is 17.0 Å². The lowest BCUT2D eigenvalue weighted by atomic mass is 9.92. The smallest absolute Gasteiger partial charge is 0.310 e. The van der Waals surface area contributed by atoms with Crippen molar-refractivity contribution < 1.29 is 18.7 Å². The minimum absolute atomic E-state index is 0.00488. The maximum Gasteiger partial charge on any atom is 0.310 e. The van der Waals surface area contributed by atoms with Gasteiger partial charge in [-0.25, -0.2) is 23.7 Å². The second-order valence-corrected chi connectivity index (χ2v) is 8.45. The quantitative estimate of drug-likeness (QED) is 0.776. The summed E-state index contributed by atoms with van der Waals surface area (Å²) in [4.78, 5) is 28.7. The van der Waals surface area contributed by atoms with Crippen LogP contribution in [0.25, 0.3) is 11.0 Å². The molecule has 7 nitrogen and oxygen atoms in total. The lowest BCUT2D eigenvalue weighted by Gasteiger charge is -2.37. The van der Waals surface area contributed by atoms with Gasteiger partial charge in [0, 0.05) is 31.6 Å². The average Bonchev–Trinajstić information content (AvgIpc) is 3.22. The predicted octanol–water partition coefficient (Wildman–Crippen LogP) is 3.80. The maximum atomic E-state index is 14.2. The summed E-state index contributed by atoms with van der Waals surface area (Å²) in [6.07, 6.45) is 9.05.